The molecule has 2 saturated heterocycles. The normalized spacial score (nSPS) is 30.7. The van der Waals surface area contributed by atoms with E-state index in [9.17, 15) is 0 Å². The molecule has 0 radical (unpaired) electrons. The summed E-state index contributed by atoms with van der Waals surface area (Å²) in [4.78, 5) is 0. The number of halogens is 1. The molecule has 0 amide bonds. The maximum atomic E-state index is 6.28. The molecule has 1 spiro atoms. The van der Waals surface area contributed by atoms with E-state index >= 15 is 0 Å². The molecule has 0 aliphatic carbocycles. The number of nitrogens with one attached hydrogen (secondary N) is 1. The second-order valence-electron chi connectivity index (χ2n) is 6.19. The second-order valence-corrected chi connectivity index (χ2v) is 7.70. The van der Waals surface area contributed by atoms with Crippen LogP contribution in [-0.2, 0) is 4.74 Å². The maximum Gasteiger partial charge on any atom is 0.0783 e. The highest BCUT2D eigenvalue weighted by Crippen LogP contribution is 2.44. The number of thioether (sulfide) groups is 1. The quantitative estimate of drug-likeness (QED) is 0.659. The average molecular weight is 327 g/mol. The predicted octanol–water partition coefficient (Wildman–Crippen LogP) is 3.46. The molecule has 116 valence electrons. The van der Waals surface area contributed by atoms with Gasteiger partial charge < -0.3 is 4.74 Å². The highest BCUT2D eigenvalue weighted by atomic mass is 35.5. The van der Waals surface area contributed by atoms with Crippen LogP contribution in [0.2, 0.25) is 5.02 Å². The van der Waals surface area contributed by atoms with E-state index in [-0.39, 0.29) is 11.6 Å². The molecule has 0 bridgehead atoms. The molecule has 1 aromatic carbocycles. The lowest BCUT2D eigenvalue weighted by Gasteiger charge is -2.41. The van der Waals surface area contributed by atoms with E-state index in [2.05, 4.69) is 18.4 Å². The van der Waals surface area contributed by atoms with Crippen LogP contribution in [0.25, 0.3) is 0 Å². The number of ether oxygens (including phenoxy) is 1. The Balaban J connectivity index is 1.84. The lowest BCUT2D eigenvalue weighted by atomic mass is 9.78. The van der Waals surface area contributed by atoms with Crippen LogP contribution in [-0.4, -0.2) is 23.7 Å². The van der Waals surface area contributed by atoms with Crippen molar-refractivity contribution in [2.45, 2.75) is 37.8 Å². The Morgan fingerprint density at radius 3 is 3.10 bits per heavy atom. The Hall–Kier alpha value is -0.260. The number of benzene rings is 1. The number of hydrogen-bond acceptors (Lipinski definition) is 4. The van der Waals surface area contributed by atoms with Gasteiger partial charge in [-0.1, -0.05) is 23.7 Å². The van der Waals surface area contributed by atoms with E-state index in [0.717, 1.165) is 35.8 Å². The number of hydrazine groups is 1. The summed E-state index contributed by atoms with van der Waals surface area (Å²) in [5, 5.41) is 0.811. The van der Waals surface area contributed by atoms with Crippen molar-refractivity contribution in [3.63, 3.8) is 0 Å². The fourth-order valence-electron chi connectivity index (χ4n) is 3.65. The zero-order valence-electron chi connectivity index (χ0n) is 12.4. The van der Waals surface area contributed by atoms with Gasteiger partial charge in [-0.3, -0.25) is 11.3 Å². The van der Waals surface area contributed by atoms with Gasteiger partial charge in [0.05, 0.1) is 5.60 Å². The molecule has 3 rings (SSSR count). The van der Waals surface area contributed by atoms with Gasteiger partial charge in [-0.15, -0.1) is 0 Å². The van der Waals surface area contributed by atoms with Crippen LogP contribution in [0.1, 0.15) is 36.4 Å². The standard InChI is InChI=1S/C16H23ClN2OS/c1-11-13(3-2-4-14(11)17)15(19-18)12-5-7-20-16(9-12)6-8-21-10-16/h2-4,12,15,19H,5-10,18H2,1H3. The fourth-order valence-corrected chi connectivity index (χ4v) is 5.21. The Morgan fingerprint density at radius 1 is 1.52 bits per heavy atom. The summed E-state index contributed by atoms with van der Waals surface area (Å²) in [6.07, 6.45) is 3.30. The zero-order chi connectivity index (χ0) is 14.9. The summed E-state index contributed by atoms with van der Waals surface area (Å²) in [6.45, 7) is 2.91. The summed E-state index contributed by atoms with van der Waals surface area (Å²) in [6, 6.07) is 6.23. The van der Waals surface area contributed by atoms with Gasteiger partial charge in [0.2, 0.25) is 0 Å². The van der Waals surface area contributed by atoms with E-state index in [1.807, 2.05) is 23.9 Å². The van der Waals surface area contributed by atoms with E-state index in [0.29, 0.717) is 5.92 Å². The summed E-state index contributed by atoms with van der Waals surface area (Å²) in [5.41, 5.74) is 5.47. The molecule has 3 N–H and O–H groups in total. The number of nitrogens with two attached hydrogens (primary N) is 1. The summed E-state index contributed by atoms with van der Waals surface area (Å²) < 4.78 is 6.13. The molecule has 3 nitrogen and oxygen atoms in total. The van der Waals surface area contributed by atoms with Crippen molar-refractivity contribution >= 4 is 23.4 Å². The van der Waals surface area contributed by atoms with Gasteiger partial charge in [-0.2, -0.15) is 11.8 Å². The minimum atomic E-state index is 0.0785. The first kappa shape index (κ1) is 15.6. The summed E-state index contributed by atoms with van der Waals surface area (Å²) in [7, 11) is 0. The molecule has 5 heteroatoms. The van der Waals surface area contributed by atoms with Gasteiger partial charge in [-0.25, -0.2) is 0 Å². The molecule has 2 aliphatic rings. The van der Waals surface area contributed by atoms with Crippen molar-refractivity contribution in [2.75, 3.05) is 18.1 Å². The molecule has 0 saturated carbocycles. The first-order chi connectivity index (χ1) is 10.2. The Kier molecular flexibility index (Phi) is 4.81. The van der Waals surface area contributed by atoms with E-state index in [1.165, 1.54) is 17.7 Å². The highest BCUT2D eigenvalue weighted by molar-refractivity contribution is 7.99. The number of rotatable bonds is 3. The van der Waals surface area contributed by atoms with Crippen LogP contribution in [0.3, 0.4) is 0 Å². The third kappa shape index (κ3) is 3.10. The van der Waals surface area contributed by atoms with Crippen molar-refractivity contribution in [3.05, 3.63) is 34.3 Å². The van der Waals surface area contributed by atoms with Gasteiger partial charge in [-0.05, 0) is 55.1 Å². The first-order valence-electron chi connectivity index (χ1n) is 7.58. The molecular formula is C16H23ClN2OS. The Bertz CT molecular complexity index is 505. The monoisotopic (exact) mass is 326 g/mol. The van der Waals surface area contributed by atoms with Crippen molar-refractivity contribution in [2.24, 2.45) is 11.8 Å². The van der Waals surface area contributed by atoms with Gasteiger partial charge in [0, 0.05) is 23.4 Å². The second kappa shape index (κ2) is 6.47. The molecule has 3 unspecified atom stereocenters. The van der Waals surface area contributed by atoms with E-state index in [4.69, 9.17) is 22.2 Å². The molecule has 0 aromatic heterocycles. The van der Waals surface area contributed by atoms with Crippen LogP contribution in [0.4, 0.5) is 0 Å². The molecule has 3 atom stereocenters. The summed E-state index contributed by atoms with van der Waals surface area (Å²) in [5.74, 6) is 8.73. The van der Waals surface area contributed by atoms with Crippen LogP contribution >= 0.6 is 23.4 Å². The SMILES string of the molecule is Cc1c(Cl)cccc1C(NN)C1CCOC2(CCSC2)C1. The third-order valence-corrected chi connectivity index (χ3v) is 6.53. The molecule has 2 fully saturated rings. The van der Waals surface area contributed by atoms with Gasteiger partial charge in [0.1, 0.15) is 0 Å². The highest BCUT2D eigenvalue weighted by Gasteiger charge is 2.42. The van der Waals surface area contributed by atoms with Crippen LogP contribution in [0, 0.1) is 12.8 Å². The molecule has 2 heterocycles. The van der Waals surface area contributed by atoms with Gasteiger partial charge >= 0.3 is 0 Å². The Morgan fingerprint density at radius 2 is 2.38 bits per heavy atom. The van der Waals surface area contributed by atoms with Gasteiger partial charge in [0.15, 0.2) is 0 Å². The topological polar surface area (TPSA) is 47.3 Å². The minimum absolute atomic E-state index is 0.0785. The third-order valence-electron chi connectivity index (χ3n) is 4.89. The first-order valence-corrected chi connectivity index (χ1v) is 9.11. The minimum Gasteiger partial charge on any atom is -0.374 e. The average Bonchev–Trinajstić information content (AvgIpc) is 2.92. The maximum absolute atomic E-state index is 6.28. The van der Waals surface area contributed by atoms with Crippen molar-refractivity contribution in [1.29, 1.82) is 0 Å². The largest absolute Gasteiger partial charge is 0.374 e. The lowest BCUT2D eigenvalue weighted by Crippen LogP contribution is -2.45. The number of hydrogen-bond donors (Lipinski definition) is 2. The van der Waals surface area contributed by atoms with Gasteiger partial charge in [0.25, 0.3) is 0 Å². The molecular weight excluding hydrogens is 304 g/mol. The van der Waals surface area contributed by atoms with Crippen LogP contribution < -0.4 is 11.3 Å². The van der Waals surface area contributed by atoms with E-state index in [1.54, 1.807) is 0 Å². The molecule has 2 aliphatic heterocycles. The van der Waals surface area contributed by atoms with Crippen molar-refractivity contribution in [3.8, 4) is 0 Å². The van der Waals surface area contributed by atoms with Crippen molar-refractivity contribution in [1.82, 2.24) is 5.43 Å². The molecule has 21 heavy (non-hydrogen) atoms. The van der Waals surface area contributed by atoms with E-state index < -0.39 is 0 Å². The van der Waals surface area contributed by atoms with Crippen molar-refractivity contribution < 1.29 is 4.74 Å². The summed E-state index contributed by atoms with van der Waals surface area (Å²) >= 11 is 8.28. The zero-order valence-corrected chi connectivity index (χ0v) is 14.0. The Labute approximate surface area is 135 Å². The smallest absolute Gasteiger partial charge is 0.0783 e. The fraction of sp³-hybridized carbons (Fsp3) is 0.625. The predicted molar refractivity (Wildman–Crippen MR) is 89.6 cm³/mol. The lowest BCUT2D eigenvalue weighted by molar-refractivity contribution is -0.0854. The van der Waals surface area contributed by atoms with Crippen LogP contribution in [0.15, 0.2) is 18.2 Å². The van der Waals surface area contributed by atoms with Crippen LogP contribution in [0.5, 0.6) is 0 Å². The molecule has 1 aromatic rings.